The quantitative estimate of drug-likeness (QED) is 0.834. The third-order valence-corrected chi connectivity index (χ3v) is 5.22. The van der Waals surface area contributed by atoms with E-state index in [2.05, 4.69) is 29.3 Å². The standard InChI is InChI=1S/C18H24ClN3.2ClH/c1-13-15-5-3-4-6-16(15)21-17(18(13)19)12-22-9-7-14(8-10-22)11-20-2;;/h3-6,14,20H,7-12H2,1-2H3;2*1H. The number of nitrogens with zero attached hydrogens (tertiary/aromatic N) is 2. The van der Waals surface area contributed by atoms with E-state index in [1.54, 1.807) is 0 Å². The molecule has 1 fully saturated rings. The van der Waals surface area contributed by atoms with Crippen LogP contribution < -0.4 is 5.32 Å². The summed E-state index contributed by atoms with van der Waals surface area (Å²) in [5.41, 5.74) is 3.21. The van der Waals surface area contributed by atoms with Crippen molar-refractivity contribution in [3.05, 3.63) is 40.5 Å². The predicted molar refractivity (Wildman–Crippen MR) is 108 cm³/mol. The molecule has 3 rings (SSSR count). The predicted octanol–water partition coefficient (Wildman–Crippen LogP) is 4.47. The molecule has 3 nitrogen and oxygen atoms in total. The highest BCUT2D eigenvalue weighted by molar-refractivity contribution is 6.32. The molecular formula is C18H26Cl3N3. The van der Waals surface area contributed by atoms with Crippen molar-refractivity contribution in [3.63, 3.8) is 0 Å². The van der Waals surface area contributed by atoms with E-state index in [1.807, 2.05) is 19.2 Å². The minimum absolute atomic E-state index is 0. The van der Waals surface area contributed by atoms with Crippen LogP contribution in [-0.2, 0) is 6.54 Å². The highest BCUT2D eigenvalue weighted by Crippen LogP contribution is 2.28. The Kier molecular flexibility index (Phi) is 8.75. The summed E-state index contributed by atoms with van der Waals surface area (Å²) in [6, 6.07) is 8.24. The largest absolute Gasteiger partial charge is 0.319 e. The van der Waals surface area contributed by atoms with Gasteiger partial charge in [0.15, 0.2) is 0 Å². The van der Waals surface area contributed by atoms with Crippen LogP contribution in [0.1, 0.15) is 24.1 Å². The van der Waals surface area contributed by atoms with Crippen LogP contribution in [0.5, 0.6) is 0 Å². The minimum atomic E-state index is 0. The first kappa shape index (κ1) is 21.5. The Hall–Kier alpha value is -0.580. The molecule has 2 heterocycles. The van der Waals surface area contributed by atoms with Gasteiger partial charge in [-0.3, -0.25) is 4.90 Å². The van der Waals surface area contributed by atoms with Crippen molar-refractivity contribution >= 4 is 47.3 Å². The molecule has 0 unspecified atom stereocenters. The topological polar surface area (TPSA) is 28.2 Å². The van der Waals surface area contributed by atoms with Crippen LogP contribution in [0.15, 0.2) is 24.3 Å². The van der Waals surface area contributed by atoms with E-state index in [0.29, 0.717) is 0 Å². The zero-order chi connectivity index (χ0) is 15.5. The number of hydrogen-bond donors (Lipinski definition) is 1. The Morgan fingerprint density at radius 3 is 2.54 bits per heavy atom. The number of piperidine rings is 1. The van der Waals surface area contributed by atoms with E-state index in [-0.39, 0.29) is 24.8 Å². The van der Waals surface area contributed by atoms with Gasteiger partial charge in [-0.1, -0.05) is 29.8 Å². The van der Waals surface area contributed by atoms with E-state index < -0.39 is 0 Å². The summed E-state index contributed by atoms with van der Waals surface area (Å²) in [5, 5.41) is 5.27. The molecule has 1 N–H and O–H groups in total. The number of nitrogens with one attached hydrogen (secondary N) is 1. The normalized spacial score (nSPS) is 15.8. The van der Waals surface area contributed by atoms with Crippen LogP contribution in [0.3, 0.4) is 0 Å². The lowest BCUT2D eigenvalue weighted by Gasteiger charge is -2.31. The summed E-state index contributed by atoms with van der Waals surface area (Å²) in [4.78, 5) is 7.28. The van der Waals surface area contributed by atoms with E-state index in [0.717, 1.165) is 59.3 Å². The van der Waals surface area contributed by atoms with Crippen molar-refractivity contribution < 1.29 is 0 Å². The molecule has 1 aromatic carbocycles. The molecule has 1 aromatic heterocycles. The highest BCUT2D eigenvalue weighted by atomic mass is 35.5. The second-order valence-corrected chi connectivity index (χ2v) is 6.67. The van der Waals surface area contributed by atoms with Crippen molar-refractivity contribution in [2.24, 2.45) is 5.92 Å². The Morgan fingerprint density at radius 1 is 1.21 bits per heavy atom. The number of likely N-dealkylation sites (tertiary alicyclic amines) is 1. The fraction of sp³-hybridized carbons (Fsp3) is 0.500. The number of halogens is 3. The maximum atomic E-state index is 6.57. The lowest BCUT2D eigenvalue weighted by atomic mass is 9.96. The van der Waals surface area contributed by atoms with Gasteiger partial charge in [0.1, 0.15) is 0 Å². The summed E-state index contributed by atoms with van der Waals surface area (Å²) >= 11 is 6.57. The number of benzene rings is 1. The summed E-state index contributed by atoms with van der Waals surface area (Å²) in [6.45, 7) is 6.35. The van der Waals surface area contributed by atoms with Crippen LogP contribution in [-0.4, -0.2) is 36.6 Å². The van der Waals surface area contributed by atoms with E-state index in [9.17, 15) is 0 Å². The molecule has 0 saturated carbocycles. The van der Waals surface area contributed by atoms with Gasteiger partial charge in [0.25, 0.3) is 0 Å². The van der Waals surface area contributed by atoms with Crippen molar-refractivity contribution in [1.82, 2.24) is 15.2 Å². The molecule has 0 aliphatic carbocycles. The Labute approximate surface area is 162 Å². The molecule has 0 amide bonds. The number of rotatable bonds is 4. The van der Waals surface area contributed by atoms with Gasteiger partial charge in [-0.25, -0.2) is 4.98 Å². The van der Waals surface area contributed by atoms with Gasteiger partial charge in [-0.15, -0.1) is 24.8 Å². The number of pyridine rings is 1. The average molecular weight is 391 g/mol. The van der Waals surface area contributed by atoms with Gasteiger partial charge in [-0.05, 0) is 64.0 Å². The SMILES string of the molecule is CNCC1CCN(Cc2nc3ccccc3c(C)c2Cl)CC1.Cl.Cl. The smallest absolute Gasteiger partial charge is 0.0740 e. The maximum absolute atomic E-state index is 6.57. The minimum Gasteiger partial charge on any atom is -0.319 e. The Morgan fingerprint density at radius 2 is 1.88 bits per heavy atom. The summed E-state index contributed by atoms with van der Waals surface area (Å²) in [5.74, 6) is 0.808. The third-order valence-electron chi connectivity index (χ3n) is 4.72. The van der Waals surface area contributed by atoms with Crippen molar-refractivity contribution in [2.75, 3.05) is 26.7 Å². The monoisotopic (exact) mass is 389 g/mol. The van der Waals surface area contributed by atoms with Crippen molar-refractivity contribution in [3.8, 4) is 0 Å². The number of aryl methyl sites for hydroxylation is 1. The highest BCUT2D eigenvalue weighted by Gasteiger charge is 2.20. The fourth-order valence-electron chi connectivity index (χ4n) is 3.37. The third kappa shape index (κ3) is 4.74. The van der Waals surface area contributed by atoms with Crippen molar-refractivity contribution in [1.29, 1.82) is 0 Å². The van der Waals surface area contributed by atoms with Crippen LogP contribution in [0.2, 0.25) is 5.02 Å². The lowest BCUT2D eigenvalue weighted by molar-refractivity contribution is 0.175. The van der Waals surface area contributed by atoms with E-state index in [1.165, 1.54) is 12.8 Å². The maximum Gasteiger partial charge on any atom is 0.0740 e. The second-order valence-electron chi connectivity index (χ2n) is 6.29. The Bertz CT molecular complexity index is 655. The first-order chi connectivity index (χ1) is 10.7. The molecule has 134 valence electrons. The fourth-order valence-corrected chi connectivity index (χ4v) is 3.58. The zero-order valence-electron chi connectivity index (χ0n) is 14.2. The van der Waals surface area contributed by atoms with E-state index in [4.69, 9.17) is 16.6 Å². The molecule has 2 aromatic rings. The first-order valence-electron chi connectivity index (χ1n) is 8.09. The van der Waals surface area contributed by atoms with E-state index >= 15 is 0 Å². The second kappa shape index (κ2) is 9.79. The van der Waals surface area contributed by atoms with Crippen LogP contribution in [0.25, 0.3) is 10.9 Å². The van der Waals surface area contributed by atoms with Gasteiger partial charge in [0.2, 0.25) is 0 Å². The molecule has 0 bridgehead atoms. The van der Waals surface area contributed by atoms with Crippen LogP contribution in [0, 0.1) is 12.8 Å². The number of hydrogen-bond acceptors (Lipinski definition) is 3. The van der Waals surface area contributed by atoms with Gasteiger partial charge in [0.05, 0.1) is 16.2 Å². The molecule has 1 saturated heterocycles. The number of aromatic nitrogens is 1. The molecule has 0 atom stereocenters. The van der Waals surface area contributed by atoms with Crippen LogP contribution >= 0.6 is 36.4 Å². The van der Waals surface area contributed by atoms with Crippen molar-refractivity contribution in [2.45, 2.75) is 26.3 Å². The molecule has 6 heteroatoms. The van der Waals surface area contributed by atoms with Crippen LogP contribution in [0.4, 0.5) is 0 Å². The summed E-state index contributed by atoms with van der Waals surface area (Å²) in [6.07, 6.45) is 2.51. The molecule has 1 aliphatic heterocycles. The van der Waals surface area contributed by atoms with Gasteiger partial charge < -0.3 is 5.32 Å². The number of para-hydroxylation sites is 1. The number of fused-ring (bicyclic) bond motifs is 1. The molecule has 24 heavy (non-hydrogen) atoms. The summed E-state index contributed by atoms with van der Waals surface area (Å²) < 4.78 is 0. The molecule has 0 spiro atoms. The average Bonchev–Trinajstić information content (AvgIpc) is 2.54. The zero-order valence-corrected chi connectivity index (χ0v) is 16.6. The molecule has 1 aliphatic rings. The molecular weight excluding hydrogens is 365 g/mol. The summed E-state index contributed by atoms with van der Waals surface area (Å²) in [7, 11) is 2.04. The van der Waals surface area contributed by atoms with Gasteiger partial charge in [-0.2, -0.15) is 0 Å². The van der Waals surface area contributed by atoms with Gasteiger partial charge >= 0.3 is 0 Å². The first-order valence-corrected chi connectivity index (χ1v) is 8.47. The molecule has 0 radical (unpaired) electrons. The van der Waals surface area contributed by atoms with Gasteiger partial charge in [0, 0.05) is 11.9 Å². The Balaban J connectivity index is 0.00000144. The lowest BCUT2D eigenvalue weighted by Crippen LogP contribution is -2.36.